The SMILES string of the molecule is COCc1nc2ccccc2n1CCOc1c(C)cccc1C. The minimum Gasteiger partial charge on any atom is -0.491 e. The fraction of sp³-hybridized carbons (Fsp3) is 0.316. The highest BCUT2D eigenvalue weighted by Crippen LogP contribution is 2.23. The minimum absolute atomic E-state index is 0.498. The van der Waals surface area contributed by atoms with Gasteiger partial charge in [0.1, 0.15) is 24.8 Å². The van der Waals surface area contributed by atoms with Gasteiger partial charge in [0, 0.05) is 7.11 Å². The Morgan fingerprint density at radius 1 is 1.00 bits per heavy atom. The summed E-state index contributed by atoms with van der Waals surface area (Å²) < 4.78 is 13.5. The van der Waals surface area contributed by atoms with E-state index in [1.807, 2.05) is 18.2 Å². The largest absolute Gasteiger partial charge is 0.491 e. The van der Waals surface area contributed by atoms with Crippen LogP contribution in [0.5, 0.6) is 5.75 Å². The lowest BCUT2D eigenvalue weighted by Gasteiger charge is -2.14. The molecule has 0 aliphatic heterocycles. The molecule has 3 rings (SSSR count). The van der Waals surface area contributed by atoms with E-state index < -0.39 is 0 Å². The van der Waals surface area contributed by atoms with E-state index in [0.717, 1.165) is 40.3 Å². The summed E-state index contributed by atoms with van der Waals surface area (Å²) in [6.07, 6.45) is 0. The third kappa shape index (κ3) is 3.22. The quantitative estimate of drug-likeness (QED) is 0.693. The van der Waals surface area contributed by atoms with E-state index in [1.165, 1.54) is 0 Å². The third-order valence-corrected chi connectivity index (χ3v) is 3.98. The van der Waals surface area contributed by atoms with E-state index in [4.69, 9.17) is 9.47 Å². The number of ether oxygens (including phenoxy) is 2. The standard InChI is InChI=1S/C19H22N2O2/c1-14-7-6-8-15(2)19(14)23-12-11-21-17-10-5-4-9-16(17)20-18(21)13-22-3/h4-10H,11-13H2,1-3H3. The van der Waals surface area contributed by atoms with Crippen LogP contribution < -0.4 is 4.74 Å². The summed E-state index contributed by atoms with van der Waals surface area (Å²) in [5.74, 6) is 1.91. The minimum atomic E-state index is 0.498. The molecule has 3 aromatic rings. The van der Waals surface area contributed by atoms with Crippen molar-refractivity contribution >= 4 is 11.0 Å². The number of para-hydroxylation sites is 3. The Morgan fingerprint density at radius 2 is 1.74 bits per heavy atom. The van der Waals surface area contributed by atoms with Gasteiger partial charge in [-0.2, -0.15) is 0 Å². The Bertz CT molecular complexity index is 788. The molecule has 0 saturated carbocycles. The van der Waals surface area contributed by atoms with Crippen LogP contribution in [-0.4, -0.2) is 23.3 Å². The highest BCUT2D eigenvalue weighted by molar-refractivity contribution is 5.75. The lowest BCUT2D eigenvalue weighted by Crippen LogP contribution is -2.12. The normalized spacial score (nSPS) is 11.1. The van der Waals surface area contributed by atoms with E-state index in [2.05, 4.69) is 47.7 Å². The number of aromatic nitrogens is 2. The molecule has 4 nitrogen and oxygen atoms in total. The molecule has 4 heteroatoms. The molecule has 0 bridgehead atoms. The molecule has 0 radical (unpaired) electrons. The van der Waals surface area contributed by atoms with Gasteiger partial charge in [-0.15, -0.1) is 0 Å². The smallest absolute Gasteiger partial charge is 0.136 e. The predicted octanol–water partition coefficient (Wildman–Crippen LogP) is 3.88. The molecule has 0 N–H and O–H groups in total. The van der Waals surface area contributed by atoms with Crippen LogP contribution in [0.2, 0.25) is 0 Å². The van der Waals surface area contributed by atoms with Gasteiger partial charge in [-0.3, -0.25) is 0 Å². The average Bonchev–Trinajstić information content (AvgIpc) is 2.88. The Hall–Kier alpha value is -2.33. The fourth-order valence-electron chi connectivity index (χ4n) is 2.88. The number of fused-ring (bicyclic) bond motifs is 1. The molecule has 2 aromatic carbocycles. The topological polar surface area (TPSA) is 36.3 Å². The van der Waals surface area contributed by atoms with Gasteiger partial charge in [0.2, 0.25) is 0 Å². The molecule has 0 unspecified atom stereocenters. The molecule has 0 amide bonds. The van der Waals surface area contributed by atoms with Crippen LogP contribution in [0.1, 0.15) is 17.0 Å². The molecule has 0 aliphatic carbocycles. The van der Waals surface area contributed by atoms with Gasteiger partial charge in [0.25, 0.3) is 0 Å². The summed E-state index contributed by atoms with van der Waals surface area (Å²) in [5, 5.41) is 0. The average molecular weight is 310 g/mol. The van der Waals surface area contributed by atoms with Crippen molar-refractivity contribution in [2.45, 2.75) is 27.0 Å². The number of methoxy groups -OCH3 is 1. The molecule has 0 saturated heterocycles. The zero-order valence-corrected chi connectivity index (χ0v) is 13.9. The van der Waals surface area contributed by atoms with Crippen molar-refractivity contribution in [1.82, 2.24) is 9.55 Å². The Kier molecular flexibility index (Phi) is 4.63. The number of aryl methyl sites for hydroxylation is 2. The zero-order valence-electron chi connectivity index (χ0n) is 13.9. The van der Waals surface area contributed by atoms with E-state index in [9.17, 15) is 0 Å². The van der Waals surface area contributed by atoms with Gasteiger partial charge in [-0.25, -0.2) is 4.98 Å². The van der Waals surface area contributed by atoms with Gasteiger partial charge in [0.15, 0.2) is 0 Å². The second-order valence-electron chi connectivity index (χ2n) is 5.67. The maximum Gasteiger partial charge on any atom is 0.136 e. The summed E-state index contributed by atoms with van der Waals surface area (Å²) in [6.45, 7) is 5.99. The summed E-state index contributed by atoms with van der Waals surface area (Å²) in [4.78, 5) is 4.65. The van der Waals surface area contributed by atoms with E-state index in [1.54, 1.807) is 7.11 Å². The molecule has 0 aliphatic rings. The van der Waals surface area contributed by atoms with Crippen LogP contribution in [0.15, 0.2) is 42.5 Å². The first-order valence-electron chi connectivity index (χ1n) is 7.83. The van der Waals surface area contributed by atoms with Crippen LogP contribution in [0, 0.1) is 13.8 Å². The zero-order chi connectivity index (χ0) is 16.2. The molecule has 1 aromatic heterocycles. The third-order valence-electron chi connectivity index (χ3n) is 3.98. The Morgan fingerprint density at radius 3 is 2.48 bits per heavy atom. The van der Waals surface area contributed by atoms with Crippen LogP contribution in [0.3, 0.4) is 0 Å². The van der Waals surface area contributed by atoms with Crippen LogP contribution in [-0.2, 0) is 17.9 Å². The molecule has 0 fully saturated rings. The van der Waals surface area contributed by atoms with Crippen molar-refractivity contribution in [3.63, 3.8) is 0 Å². The number of imidazole rings is 1. The Labute approximate surface area is 136 Å². The van der Waals surface area contributed by atoms with Gasteiger partial charge >= 0.3 is 0 Å². The van der Waals surface area contributed by atoms with Gasteiger partial charge in [-0.05, 0) is 37.1 Å². The number of benzene rings is 2. The van der Waals surface area contributed by atoms with Crippen LogP contribution in [0.4, 0.5) is 0 Å². The monoisotopic (exact) mass is 310 g/mol. The van der Waals surface area contributed by atoms with E-state index in [0.29, 0.717) is 13.2 Å². The summed E-state index contributed by atoms with van der Waals surface area (Å²) >= 11 is 0. The number of rotatable bonds is 6. The summed E-state index contributed by atoms with van der Waals surface area (Å²) in [5.41, 5.74) is 4.44. The summed E-state index contributed by atoms with van der Waals surface area (Å²) in [6, 6.07) is 14.3. The molecular formula is C19H22N2O2. The molecule has 120 valence electrons. The lowest BCUT2D eigenvalue weighted by atomic mass is 10.1. The predicted molar refractivity (Wildman–Crippen MR) is 91.9 cm³/mol. The molecule has 23 heavy (non-hydrogen) atoms. The second kappa shape index (κ2) is 6.84. The van der Waals surface area contributed by atoms with E-state index >= 15 is 0 Å². The number of hydrogen-bond acceptors (Lipinski definition) is 3. The highest BCUT2D eigenvalue weighted by Gasteiger charge is 2.10. The highest BCUT2D eigenvalue weighted by atomic mass is 16.5. The fourth-order valence-corrected chi connectivity index (χ4v) is 2.88. The van der Waals surface area contributed by atoms with Crippen molar-refractivity contribution in [1.29, 1.82) is 0 Å². The van der Waals surface area contributed by atoms with Gasteiger partial charge in [0.05, 0.1) is 17.6 Å². The maximum atomic E-state index is 6.03. The van der Waals surface area contributed by atoms with Crippen LogP contribution in [0.25, 0.3) is 11.0 Å². The van der Waals surface area contributed by atoms with Crippen LogP contribution >= 0.6 is 0 Å². The lowest BCUT2D eigenvalue weighted by molar-refractivity contribution is 0.173. The van der Waals surface area contributed by atoms with Gasteiger partial charge < -0.3 is 14.0 Å². The first kappa shape index (κ1) is 15.6. The van der Waals surface area contributed by atoms with Crippen molar-refractivity contribution < 1.29 is 9.47 Å². The second-order valence-corrected chi connectivity index (χ2v) is 5.67. The Balaban J connectivity index is 1.80. The first-order valence-corrected chi connectivity index (χ1v) is 7.83. The maximum absolute atomic E-state index is 6.03. The first-order chi connectivity index (χ1) is 11.2. The number of hydrogen-bond donors (Lipinski definition) is 0. The van der Waals surface area contributed by atoms with E-state index in [-0.39, 0.29) is 0 Å². The van der Waals surface area contributed by atoms with Crippen molar-refractivity contribution in [2.75, 3.05) is 13.7 Å². The molecular weight excluding hydrogens is 288 g/mol. The summed E-state index contributed by atoms with van der Waals surface area (Å²) in [7, 11) is 1.69. The van der Waals surface area contributed by atoms with Gasteiger partial charge in [-0.1, -0.05) is 30.3 Å². The van der Waals surface area contributed by atoms with Crippen molar-refractivity contribution in [3.8, 4) is 5.75 Å². The van der Waals surface area contributed by atoms with Crippen molar-refractivity contribution in [2.24, 2.45) is 0 Å². The molecule has 0 spiro atoms. The van der Waals surface area contributed by atoms with Crippen molar-refractivity contribution in [3.05, 3.63) is 59.4 Å². The molecule has 0 atom stereocenters. The molecule has 1 heterocycles. The number of nitrogens with zero attached hydrogens (tertiary/aromatic N) is 2.